The van der Waals surface area contributed by atoms with E-state index in [1.807, 2.05) is 0 Å². The van der Waals surface area contributed by atoms with Crippen LogP contribution in [0.4, 0.5) is 0 Å². The summed E-state index contributed by atoms with van der Waals surface area (Å²) in [6.45, 7) is 4.42. The molecule has 1 aromatic rings. The van der Waals surface area contributed by atoms with Gasteiger partial charge in [-0.3, -0.25) is 9.59 Å². The summed E-state index contributed by atoms with van der Waals surface area (Å²) in [4.78, 5) is 23.0. The van der Waals surface area contributed by atoms with Crippen LogP contribution in [0.1, 0.15) is 31.1 Å². The van der Waals surface area contributed by atoms with Gasteiger partial charge in [-0.1, -0.05) is 0 Å². The molecular formula is C13H16O4. The molecular weight excluding hydrogens is 220 g/mol. The molecule has 0 fully saturated rings. The van der Waals surface area contributed by atoms with E-state index in [9.17, 15) is 9.59 Å². The zero-order valence-corrected chi connectivity index (χ0v) is 10.4. The molecule has 17 heavy (non-hydrogen) atoms. The number of benzene rings is 1. The second-order valence-corrected chi connectivity index (χ2v) is 4.16. The lowest BCUT2D eigenvalue weighted by atomic mass is 9.96. The van der Waals surface area contributed by atoms with Crippen molar-refractivity contribution in [3.63, 3.8) is 0 Å². The minimum atomic E-state index is -1.15. The first kappa shape index (κ1) is 13.2. The van der Waals surface area contributed by atoms with Gasteiger partial charge in [0.15, 0.2) is 5.60 Å². The summed E-state index contributed by atoms with van der Waals surface area (Å²) in [5.41, 5.74) is -0.669. The first-order chi connectivity index (χ1) is 7.86. The fourth-order valence-corrected chi connectivity index (χ4v) is 1.50. The first-order valence-corrected chi connectivity index (χ1v) is 5.25. The van der Waals surface area contributed by atoms with Crippen LogP contribution in [0, 0.1) is 0 Å². The van der Waals surface area contributed by atoms with Crippen LogP contribution in [-0.2, 0) is 9.53 Å². The smallest absolute Gasteiger partial charge is 0.303 e. The Kier molecular flexibility index (Phi) is 3.89. The predicted octanol–water partition coefficient (Wildman–Crippen LogP) is 2.22. The van der Waals surface area contributed by atoms with E-state index in [-0.39, 0.29) is 5.78 Å². The van der Waals surface area contributed by atoms with Crippen LogP contribution in [-0.4, -0.2) is 24.5 Å². The second kappa shape index (κ2) is 4.99. The fraction of sp³-hybridized carbons (Fsp3) is 0.385. The van der Waals surface area contributed by atoms with E-state index < -0.39 is 11.6 Å². The van der Waals surface area contributed by atoms with Gasteiger partial charge in [0, 0.05) is 12.5 Å². The van der Waals surface area contributed by atoms with Crippen molar-refractivity contribution in [3.05, 3.63) is 29.8 Å². The van der Waals surface area contributed by atoms with Crippen molar-refractivity contribution in [1.29, 1.82) is 0 Å². The lowest BCUT2D eigenvalue weighted by molar-refractivity contribution is -0.149. The van der Waals surface area contributed by atoms with Crippen molar-refractivity contribution in [2.75, 3.05) is 7.11 Å². The van der Waals surface area contributed by atoms with Crippen molar-refractivity contribution in [2.24, 2.45) is 0 Å². The van der Waals surface area contributed by atoms with Gasteiger partial charge in [-0.2, -0.15) is 0 Å². The van der Waals surface area contributed by atoms with E-state index in [1.54, 1.807) is 45.2 Å². The maximum absolute atomic E-state index is 12.1. The Morgan fingerprint density at radius 1 is 1.12 bits per heavy atom. The highest BCUT2D eigenvalue weighted by atomic mass is 16.6. The highest BCUT2D eigenvalue weighted by Crippen LogP contribution is 2.19. The van der Waals surface area contributed by atoms with Gasteiger partial charge in [0.2, 0.25) is 5.78 Å². The summed E-state index contributed by atoms with van der Waals surface area (Å²) >= 11 is 0. The molecule has 0 aliphatic carbocycles. The number of carbonyl (C=O) groups is 2. The van der Waals surface area contributed by atoms with Gasteiger partial charge in [-0.05, 0) is 38.1 Å². The molecule has 0 aliphatic rings. The van der Waals surface area contributed by atoms with Crippen molar-refractivity contribution in [3.8, 4) is 5.75 Å². The quantitative estimate of drug-likeness (QED) is 0.594. The van der Waals surface area contributed by atoms with Crippen molar-refractivity contribution >= 4 is 11.8 Å². The number of hydrogen-bond acceptors (Lipinski definition) is 4. The number of hydrogen-bond donors (Lipinski definition) is 0. The molecule has 0 bridgehead atoms. The van der Waals surface area contributed by atoms with Crippen LogP contribution >= 0.6 is 0 Å². The molecule has 1 rings (SSSR count). The van der Waals surface area contributed by atoms with E-state index in [2.05, 4.69) is 0 Å². The topological polar surface area (TPSA) is 52.6 Å². The molecule has 0 heterocycles. The molecule has 0 atom stereocenters. The van der Waals surface area contributed by atoms with Crippen LogP contribution < -0.4 is 4.74 Å². The zero-order chi connectivity index (χ0) is 13.1. The number of methoxy groups -OCH3 is 1. The molecule has 1 aromatic carbocycles. The molecule has 0 N–H and O–H groups in total. The number of ether oxygens (including phenoxy) is 2. The minimum Gasteiger partial charge on any atom is -0.497 e. The van der Waals surface area contributed by atoms with Gasteiger partial charge >= 0.3 is 5.97 Å². The number of ketones is 1. The van der Waals surface area contributed by atoms with Gasteiger partial charge < -0.3 is 9.47 Å². The van der Waals surface area contributed by atoms with Gasteiger partial charge in [0.25, 0.3) is 0 Å². The largest absolute Gasteiger partial charge is 0.497 e. The van der Waals surface area contributed by atoms with Crippen molar-refractivity contribution < 1.29 is 19.1 Å². The minimum absolute atomic E-state index is 0.240. The van der Waals surface area contributed by atoms with Gasteiger partial charge in [0.1, 0.15) is 5.75 Å². The second-order valence-electron chi connectivity index (χ2n) is 4.16. The average Bonchev–Trinajstić information content (AvgIpc) is 2.26. The van der Waals surface area contributed by atoms with E-state index in [0.29, 0.717) is 11.3 Å². The molecule has 0 saturated carbocycles. The Labute approximate surface area is 101 Å². The Morgan fingerprint density at radius 2 is 1.65 bits per heavy atom. The summed E-state index contributed by atoms with van der Waals surface area (Å²) in [5, 5.41) is 0. The maximum Gasteiger partial charge on any atom is 0.303 e. The fourth-order valence-electron chi connectivity index (χ4n) is 1.50. The zero-order valence-electron chi connectivity index (χ0n) is 10.4. The normalized spacial score (nSPS) is 10.8. The van der Waals surface area contributed by atoms with Crippen LogP contribution in [0.2, 0.25) is 0 Å². The Hall–Kier alpha value is -1.84. The maximum atomic E-state index is 12.1. The monoisotopic (exact) mass is 236 g/mol. The third-order valence-electron chi connectivity index (χ3n) is 2.30. The highest BCUT2D eigenvalue weighted by molar-refractivity contribution is 6.02. The van der Waals surface area contributed by atoms with Gasteiger partial charge in [-0.15, -0.1) is 0 Å². The molecule has 0 aromatic heterocycles. The molecule has 0 saturated heterocycles. The van der Waals surface area contributed by atoms with Crippen LogP contribution in [0.25, 0.3) is 0 Å². The molecule has 0 unspecified atom stereocenters. The number of Topliss-reactive ketones (excluding diaryl/α,β-unsaturated/α-hetero) is 1. The van der Waals surface area contributed by atoms with Gasteiger partial charge in [0.05, 0.1) is 7.11 Å². The third kappa shape index (κ3) is 3.31. The summed E-state index contributed by atoms with van der Waals surface area (Å²) in [5.74, 6) is -0.0425. The number of rotatable bonds is 4. The van der Waals surface area contributed by atoms with Crippen LogP contribution in [0.5, 0.6) is 5.75 Å². The standard InChI is InChI=1S/C13H16O4/c1-9(14)17-13(2,3)12(15)10-5-7-11(16-4)8-6-10/h5-8H,1-4H3. The SMILES string of the molecule is COc1ccc(C(=O)C(C)(C)OC(C)=O)cc1. The van der Waals surface area contributed by atoms with Crippen molar-refractivity contribution in [1.82, 2.24) is 0 Å². The first-order valence-electron chi connectivity index (χ1n) is 5.25. The predicted molar refractivity (Wildman–Crippen MR) is 63.2 cm³/mol. The van der Waals surface area contributed by atoms with E-state index in [1.165, 1.54) is 6.92 Å². The third-order valence-corrected chi connectivity index (χ3v) is 2.30. The molecule has 0 radical (unpaired) electrons. The van der Waals surface area contributed by atoms with E-state index >= 15 is 0 Å². The molecule has 92 valence electrons. The average molecular weight is 236 g/mol. The lowest BCUT2D eigenvalue weighted by Gasteiger charge is -2.22. The van der Waals surface area contributed by atoms with Crippen LogP contribution in [0.15, 0.2) is 24.3 Å². The Balaban J connectivity index is 2.91. The summed E-state index contributed by atoms with van der Waals surface area (Å²) < 4.78 is 9.99. The Bertz CT molecular complexity index is 418. The molecule has 0 aliphatic heterocycles. The lowest BCUT2D eigenvalue weighted by Crippen LogP contribution is -2.36. The Morgan fingerprint density at radius 3 is 2.06 bits per heavy atom. The molecule has 4 nitrogen and oxygen atoms in total. The summed E-state index contributed by atoms with van der Waals surface area (Å²) in [7, 11) is 1.56. The molecule has 0 amide bonds. The molecule has 4 heteroatoms. The van der Waals surface area contributed by atoms with E-state index in [4.69, 9.17) is 9.47 Å². The van der Waals surface area contributed by atoms with Crippen LogP contribution in [0.3, 0.4) is 0 Å². The highest BCUT2D eigenvalue weighted by Gasteiger charge is 2.31. The molecule has 0 spiro atoms. The summed E-state index contributed by atoms with van der Waals surface area (Å²) in [6.07, 6.45) is 0. The van der Waals surface area contributed by atoms with E-state index in [0.717, 1.165) is 0 Å². The van der Waals surface area contributed by atoms with Gasteiger partial charge in [-0.25, -0.2) is 0 Å². The number of esters is 1. The van der Waals surface area contributed by atoms with Crippen molar-refractivity contribution in [2.45, 2.75) is 26.4 Å². The number of carbonyl (C=O) groups excluding carboxylic acids is 2. The summed E-state index contributed by atoms with van der Waals surface area (Å²) in [6, 6.07) is 6.67.